The number of pyridine rings is 2. The molecule has 2 aliphatic rings. The van der Waals surface area contributed by atoms with Gasteiger partial charge in [0, 0.05) is 42.7 Å². The van der Waals surface area contributed by atoms with Crippen LogP contribution in [0.5, 0.6) is 11.5 Å². The molecule has 1 saturated heterocycles. The van der Waals surface area contributed by atoms with Crippen molar-refractivity contribution in [1.82, 2.24) is 14.5 Å². The van der Waals surface area contributed by atoms with E-state index in [2.05, 4.69) is 11.6 Å². The maximum absolute atomic E-state index is 16.3. The molecule has 4 aromatic rings. The Morgan fingerprint density at radius 1 is 1.18 bits per heavy atom. The average molecular weight is 635 g/mol. The minimum absolute atomic E-state index is 0.0237. The number of ether oxygens (including phenoxy) is 1. The topological polar surface area (TPSA) is 87.9 Å². The highest BCUT2D eigenvalue weighted by Crippen LogP contribution is 2.47. The van der Waals surface area contributed by atoms with Crippen molar-refractivity contribution in [3.63, 3.8) is 0 Å². The minimum atomic E-state index is -0.887. The molecule has 6 rings (SSSR count). The summed E-state index contributed by atoms with van der Waals surface area (Å²) in [6, 6.07) is 6.11. The highest BCUT2D eigenvalue weighted by atomic mass is 35.5. The second kappa shape index (κ2) is 11.5. The smallest absolute Gasteiger partial charge is 0.300 e. The molecule has 45 heavy (non-hydrogen) atoms. The Kier molecular flexibility index (Phi) is 7.81. The van der Waals surface area contributed by atoms with E-state index in [4.69, 9.17) is 16.3 Å². The summed E-state index contributed by atoms with van der Waals surface area (Å²) in [4.78, 5) is 35.7. The minimum Gasteiger partial charge on any atom is -0.507 e. The van der Waals surface area contributed by atoms with E-state index in [1.807, 2.05) is 32.6 Å². The summed E-state index contributed by atoms with van der Waals surface area (Å²) in [6.07, 6.45) is 3.42. The number of hydrogen-bond donors (Lipinski definition) is 1. The highest BCUT2D eigenvalue weighted by Gasteiger charge is 2.39. The summed E-state index contributed by atoms with van der Waals surface area (Å²) in [7, 11) is 0. The average Bonchev–Trinajstić information content (AvgIpc) is 3.18. The van der Waals surface area contributed by atoms with Crippen LogP contribution in [-0.4, -0.2) is 57.2 Å². The summed E-state index contributed by atoms with van der Waals surface area (Å²) in [5.41, 5.74) is 0.925. The molecule has 2 aromatic carbocycles. The highest BCUT2D eigenvalue weighted by molar-refractivity contribution is 6.38. The Bertz CT molecular complexity index is 1920. The predicted octanol–water partition coefficient (Wildman–Crippen LogP) is 6.50. The molecule has 0 saturated carbocycles. The standard InChI is InChI=1S/C34H33ClF2N4O4/c1-6-25(43)39-16-20-11-13-45-33-32(40(20)15-19(39)5)21-14-23(37)27(26-22(36)8-7-9-24(26)42)28(35)31(21)41(34(33)44)30-18(4)10-12-38-29(30)17(2)3/h6-10,12,14,17,19-20,42H,1,11,13,15-16H2,2-5H3. The Morgan fingerprint density at radius 3 is 2.62 bits per heavy atom. The van der Waals surface area contributed by atoms with Crippen LogP contribution in [0.25, 0.3) is 27.7 Å². The number of nitrogens with zero attached hydrogens (tertiary/aromatic N) is 4. The number of anilines is 1. The Balaban J connectivity index is 1.76. The van der Waals surface area contributed by atoms with E-state index < -0.39 is 28.5 Å². The number of aromatic hydroxyl groups is 1. The first kappa shape index (κ1) is 30.6. The van der Waals surface area contributed by atoms with Crippen molar-refractivity contribution in [2.45, 2.75) is 52.1 Å². The van der Waals surface area contributed by atoms with Gasteiger partial charge in [-0.15, -0.1) is 0 Å². The number of phenols is 1. The van der Waals surface area contributed by atoms with Crippen LogP contribution in [0.1, 0.15) is 44.4 Å². The molecule has 2 unspecified atom stereocenters. The fourth-order valence-corrected chi connectivity index (χ4v) is 6.99. The Hall–Kier alpha value is -4.44. The lowest BCUT2D eigenvalue weighted by Crippen LogP contribution is -2.59. The number of hydrogen-bond acceptors (Lipinski definition) is 6. The molecule has 11 heteroatoms. The first-order valence-corrected chi connectivity index (χ1v) is 15.2. The van der Waals surface area contributed by atoms with E-state index in [0.717, 1.165) is 6.07 Å². The SMILES string of the molecule is C=CC(=O)N1CC2CCOc3c(c4cc(F)c(-c5c(O)cccc5F)c(Cl)c4n(-c4c(C)ccnc4C(C)C)c3=O)N2CC1C. The molecule has 0 radical (unpaired) electrons. The van der Waals surface area contributed by atoms with E-state index in [-0.39, 0.29) is 57.8 Å². The van der Waals surface area contributed by atoms with Crippen LogP contribution >= 0.6 is 11.6 Å². The van der Waals surface area contributed by atoms with Crippen LogP contribution in [0.15, 0.2) is 54.0 Å². The molecule has 234 valence electrons. The summed E-state index contributed by atoms with van der Waals surface area (Å²) in [5, 5.41) is 10.7. The lowest BCUT2D eigenvalue weighted by molar-refractivity contribution is -0.128. The molecule has 0 aliphatic carbocycles. The number of carbonyl (C=O) groups excluding carboxylic acids is 1. The second-order valence-electron chi connectivity index (χ2n) is 11.9. The van der Waals surface area contributed by atoms with Crippen LogP contribution in [0, 0.1) is 18.6 Å². The number of amides is 1. The van der Waals surface area contributed by atoms with Gasteiger partial charge in [0.05, 0.1) is 45.8 Å². The normalized spacial score (nSPS) is 18.0. The molecule has 2 atom stereocenters. The van der Waals surface area contributed by atoms with Gasteiger partial charge < -0.3 is 19.6 Å². The lowest BCUT2D eigenvalue weighted by Gasteiger charge is -2.45. The van der Waals surface area contributed by atoms with E-state index in [1.165, 1.54) is 28.8 Å². The van der Waals surface area contributed by atoms with Crippen molar-refractivity contribution < 1.29 is 23.4 Å². The monoisotopic (exact) mass is 634 g/mol. The van der Waals surface area contributed by atoms with E-state index in [0.29, 0.717) is 42.1 Å². The number of aryl methyl sites for hydroxylation is 1. The molecule has 1 N–H and O–H groups in total. The van der Waals surface area contributed by atoms with Gasteiger partial charge in [-0.2, -0.15) is 0 Å². The van der Waals surface area contributed by atoms with Crippen LogP contribution < -0.4 is 15.2 Å². The molecule has 4 heterocycles. The van der Waals surface area contributed by atoms with Gasteiger partial charge in [0.15, 0.2) is 0 Å². The van der Waals surface area contributed by atoms with Gasteiger partial charge in [-0.3, -0.25) is 19.1 Å². The van der Waals surface area contributed by atoms with Crippen molar-refractivity contribution in [3.8, 4) is 28.3 Å². The van der Waals surface area contributed by atoms with Crippen molar-refractivity contribution in [2.75, 3.05) is 24.6 Å². The Labute approximate surface area is 264 Å². The number of piperazine rings is 1. The lowest BCUT2D eigenvalue weighted by atomic mass is 9.97. The first-order chi connectivity index (χ1) is 21.5. The quantitative estimate of drug-likeness (QED) is 0.258. The van der Waals surface area contributed by atoms with Crippen LogP contribution in [0.4, 0.5) is 14.5 Å². The zero-order chi connectivity index (χ0) is 32.3. The molecular formula is C34H33ClF2N4O4. The summed E-state index contributed by atoms with van der Waals surface area (Å²) < 4.78 is 39.1. The molecular weight excluding hydrogens is 602 g/mol. The second-order valence-corrected chi connectivity index (χ2v) is 12.3. The van der Waals surface area contributed by atoms with Crippen molar-refractivity contribution in [1.29, 1.82) is 0 Å². The van der Waals surface area contributed by atoms with Gasteiger partial charge in [0.25, 0.3) is 5.56 Å². The van der Waals surface area contributed by atoms with Gasteiger partial charge >= 0.3 is 0 Å². The zero-order valence-corrected chi connectivity index (χ0v) is 26.2. The molecule has 0 bridgehead atoms. The largest absolute Gasteiger partial charge is 0.507 e. The van der Waals surface area contributed by atoms with E-state index in [9.17, 15) is 14.7 Å². The third-order valence-corrected chi connectivity index (χ3v) is 9.10. The number of halogens is 3. The van der Waals surface area contributed by atoms with Gasteiger partial charge in [-0.05, 0) is 55.7 Å². The van der Waals surface area contributed by atoms with Crippen molar-refractivity contribution >= 4 is 34.1 Å². The fraction of sp³-hybridized carbons (Fsp3) is 0.324. The number of phenolic OH excluding ortho intramolecular Hbond substituents is 1. The zero-order valence-electron chi connectivity index (χ0n) is 25.4. The van der Waals surface area contributed by atoms with Crippen LogP contribution in [0.3, 0.4) is 0 Å². The van der Waals surface area contributed by atoms with E-state index >= 15 is 8.78 Å². The third-order valence-electron chi connectivity index (χ3n) is 8.73. The van der Waals surface area contributed by atoms with E-state index in [1.54, 1.807) is 17.2 Å². The number of carbonyl (C=O) groups is 1. The number of aromatic nitrogens is 2. The van der Waals surface area contributed by atoms with Crippen LogP contribution in [0.2, 0.25) is 5.02 Å². The predicted molar refractivity (Wildman–Crippen MR) is 171 cm³/mol. The fourth-order valence-electron chi connectivity index (χ4n) is 6.62. The van der Waals surface area contributed by atoms with Gasteiger partial charge in [0.1, 0.15) is 17.4 Å². The van der Waals surface area contributed by atoms with Crippen molar-refractivity contribution in [3.05, 3.63) is 87.5 Å². The molecule has 1 fully saturated rings. The number of fused-ring (bicyclic) bond motifs is 5. The molecule has 8 nitrogen and oxygen atoms in total. The van der Waals surface area contributed by atoms with Gasteiger partial charge in [0.2, 0.25) is 11.7 Å². The number of benzene rings is 2. The summed E-state index contributed by atoms with van der Waals surface area (Å²) in [5.74, 6) is -2.56. The first-order valence-electron chi connectivity index (χ1n) is 14.8. The van der Waals surface area contributed by atoms with Crippen LogP contribution in [-0.2, 0) is 4.79 Å². The molecule has 0 spiro atoms. The molecule has 2 aromatic heterocycles. The summed E-state index contributed by atoms with van der Waals surface area (Å²) >= 11 is 7.09. The summed E-state index contributed by atoms with van der Waals surface area (Å²) in [6.45, 7) is 12.1. The van der Waals surface area contributed by atoms with Gasteiger partial charge in [-0.25, -0.2) is 8.78 Å². The molecule has 1 amide bonds. The maximum atomic E-state index is 16.3. The van der Waals surface area contributed by atoms with Gasteiger partial charge in [-0.1, -0.05) is 38.1 Å². The third kappa shape index (κ3) is 4.82. The Morgan fingerprint density at radius 2 is 1.93 bits per heavy atom. The van der Waals surface area contributed by atoms with Crippen molar-refractivity contribution in [2.24, 2.45) is 0 Å². The maximum Gasteiger partial charge on any atom is 0.300 e. The molecule has 2 aliphatic heterocycles. The number of rotatable bonds is 4.